The number of aliphatic hydroxyl groups is 1. The second-order valence-electron chi connectivity index (χ2n) is 5.34. The maximum absolute atomic E-state index is 12.0. The van der Waals surface area contributed by atoms with Crippen molar-refractivity contribution in [2.24, 2.45) is 0 Å². The normalized spacial score (nSPS) is 16.4. The summed E-state index contributed by atoms with van der Waals surface area (Å²) in [5, 5.41) is 12.7. The number of rotatable bonds is 6. The Hall–Kier alpha value is -1.62. The molecule has 20 heavy (non-hydrogen) atoms. The first kappa shape index (κ1) is 14.8. The zero-order valence-electron chi connectivity index (χ0n) is 12.2. The summed E-state index contributed by atoms with van der Waals surface area (Å²) >= 11 is 0. The highest BCUT2D eigenvalue weighted by atomic mass is 16.3. The van der Waals surface area contributed by atoms with Crippen LogP contribution in [0.15, 0.2) is 18.3 Å². The lowest BCUT2D eigenvalue weighted by atomic mass is 9.80. The summed E-state index contributed by atoms with van der Waals surface area (Å²) in [5.41, 5.74) is -0.159. The van der Waals surface area contributed by atoms with Crippen LogP contribution in [0.4, 0.5) is 5.82 Å². The summed E-state index contributed by atoms with van der Waals surface area (Å²) in [5.74, 6) is 0.702. The van der Waals surface area contributed by atoms with Gasteiger partial charge in [-0.15, -0.1) is 0 Å². The molecule has 2 N–H and O–H groups in total. The molecule has 1 amide bonds. The number of nitrogens with one attached hydrogen (secondary N) is 1. The number of nitrogens with zero attached hydrogens (tertiary/aromatic N) is 2. The van der Waals surface area contributed by atoms with Crippen molar-refractivity contribution in [3.05, 3.63) is 23.9 Å². The number of hydrogen-bond donors (Lipinski definition) is 2. The monoisotopic (exact) mass is 277 g/mol. The molecule has 0 spiro atoms. The van der Waals surface area contributed by atoms with Gasteiger partial charge in [0.1, 0.15) is 5.82 Å². The van der Waals surface area contributed by atoms with Crippen molar-refractivity contribution in [1.29, 1.82) is 0 Å². The maximum atomic E-state index is 12.0. The van der Waals surface area contributed by atoms with E-state index < -0.39 is 5.60 Å². The summed E-state index contributed by atoms with van der Waals surface area (Å²) in [7, 11) is 0. The molecule has 1 aromatic heterocycles. The van der Waals surface area contributed by atoms with Crippen LogP contribution in [0, 0.1) is 0 Å². The van der Waals surface area contributed by atoms with Crippen LogP contribution in [0.5, 0.6) is 0 Å². The zero-order chi connectivity index (χ0) is 14.6. The van der Waals surface area contributed by atoms with Crippen LogP contribution in [-0.4, -0.2) is 41.2 Å². The fourth-order valence-corrected chi connectivity index (χ4v) is 2.36. The minimum absolute atomic E-state index is 0.177. The van der Waals surface area contributed by atoms with Crippen molar-refractivity contribution in [3.8, 4) is 0 Å². The van der Waals surface area contributed by atoms with Gasteiger partial charge in [0.05, 0.1) is 11.2 Å². The number of amides is 1. The van der Waals surface area contributed by atoms with Gasteiger partial charge in [-0.1, -0.05) is 0 Å². The number of hydrogen-bond acceptors (Lipinski definition) is 4. The van der Waals surface area contributed by atoms with E-state index in [2.05, 4.69) is 29.0 Å². The smallest absolute Gasteiger partial charge is 0.252 e. The Labute approximate surface area is 120 Å². The van der Waals surface area contributed by atoms with Crippen LogP contribution >= 0.6 is 0 Å². The Bertz CT molecular complexity index is 451. The third-order valence-electron chi connectivity index (χ3n) is 3.96. The standard InChI is InChI=1S/C15H23N3O2/c1-3-18(4-2)13-7-6-12(10-16-13)14(19)17-11-15(20)8-5-9-15/h6-7,10,20H,3-5,8-9,11H2,1-2H3,(H,17,19). The Morgan fingerprint density at radius 3 is 2.55 bits per heavy atom. The van der Waals surface area contributed by atoms with Gasteiger partial charge in [-0.3, -0.25) is 4.79 Å². The van der Waals surface area contributed by atoms with Crippen molar-refractivity contribution >= 4 is 11.7 Å². The maximum Gasteiger partial charge on any atom is 0.252 e. The van der Waals surface area contributed by atoms with Gasteiger partial charge in [-0.2, -0.15) is 0 Å². The number of carbonyl (C=O) groups is 1. The molecule has 110 valence electrons. The fourth-order valence-electron chi connectivity index (χ4n) is 2.36. The van der Waals surface area contributed by atoms with Crippen molar-refractivity contribution < 1.29 is 9.90 Å². The van der Waals surface area contributed by atoms with Crippen LogP contribution < -0.4 is 10.2 Å². The van der Waals surface area contributed by atoms with E-state index in [-0.39, 0.29) is 5.91 Å². The molecule has 0 unspecified atom stereocenters. The lowest BCUT2D eigenvalue weighted by molar-refractivity contribution is -0.0300. The average molecular weight is 277 g/mol. The molecule has 1 aliphatic carbocycles. The Morgan fingerprint density at radius 2 is 2.10 bits per heavy atom. The molecule has 1 fully saturated rings. The van der Waals surface area contributed by atoms with Crippen molar-refractivity contribution in [2.45, 2.75) is 38.7 Å². The molecule has 0 aromatic carbocycles. The predicted molar refractivity (Wildman–Crippen MR) is 78.9 cm³/mol. The van der Waals surface area contributed by atoms with Crippen molar-refractivity contribution in [2.75, 3.05) is 24.5 Å². The number of aromatic nitrogens is 1. The molecular formula is C15H23N3O2. The molecule has 0 radical (unpaired) electrons. The molecule has 1 aliphatic rings. The summed E-state index contributed by atoms with van der Waals surface area (Å²) in [4.78, 5) is 18.4. The molecule has 5 heteroatoms. The van der Waals surface area contributed by atoms with Gasteiger partial charge >= 0.3 is 0 Å². The van der Waals surface area contributed by atoms with Gasteiger partial charge < -0.3 is 15.3 Å². The highest BCUT2D eigenvalue weighted by Gasteiger charge is 2.34. The lowest BCUT2D eigenvalue weighted by Gasteiger charge is -2.36. The molecule has 5 nitrogen and oxygen atoms in total. The Kier molecular flexibility index (Phi) is 4.60. The van der Waals surface area contributed by atoms with E-state index in [0.717, 1.165) is 38.2 Å². The van der Waals surface area contributed by atoms with E-state index in [0.29, 0.717) is 12.1 Å². The summed E-state index contributed by atoms with van der Waals surface area (Å²) in [6, 6.07) is 3.64. The van der Waals surface area contributed by atoms with Crippen molar-refractivity contribution in [3.63, 3.8) is 0 Å². The molecule has 1 heterocycles. The summed E-state index contributed by atoms with van der Waals surface area (Å²) < 4.78 is 0. The van der Waals surface area contributed by atoms with Crippen LogP contribution in [-0.2, 0) is 0 Å². The van der Waals surface area contributed by atoms with E-state index in [1.54, 1.807) is 12.3 Å². The number of anilines is 1. The van der Waals surface area contributed by atoms with Crippen LogP contribution in [0.3, 0.4) is 0 Å². The van der Waals surface area contributed by atoms with Crippen LogP contribution in [0.25, 0.3) is 0 Å². The quantitative estimate of drug-likeness (QED) is 0.828. The van der Waals surface area contributed by atoms with Gasteiger partial charge in [0.15, 0.2) is 0 Å². The van der Waals surface area contributed by atoms with Crippen molar-refractivity contribution in [1.82, 2.24) is 10.3 Å². The first-order chi connectivity index (χ1) is 9.58. The molecule has 0 bridgehead atoms. The highest BCUT2D eigenvalue weighted by Crippen LogP contribution is 2.30. The van der Waals surface area contributed by atoms with E-state index >= 15 is 0 Å². The minimum Gasteiger partial charge on any atom is -0.388 e. The molecule has 1 saturated carbocycles. The second-order valence-corrected chi connectivity index (χ2v) is 5.34. The summed E-state index contributed by atoms with van der Waals surface area (Å²) in [6.45, 7) is 6.25. The van der Waals surface area contributed by atoms with Crippen LogP contribution in [0.2, 0.25) is 0 Å². The Balaban J connectivity index is 1.93. The third kappa shape index (κ3) is 3.28. The second kappa shape index (κ2) is 6.22. The highest BCUT2D eigenvalue weighted by molar-refractivity contribution is 5.94. The van der Waals surface area contributed by atoms with Gasteiger partial charge in [-0.25, -0.2) is 4.98 Å². The van der Waals surface area contributed by atoms with E-state index in [9.17, 15) is 9.90 Å². The van der Waals surface area contributed by atoms with E-state index in [4.69, 9.17) is 0 Å². The fraction of sp³-hybridized carbons (Fsp3) is 0.600. The third-order valence-corrected chi connectivity index (χ3v) is 3.96. The number of pyridine rings is 1. The first-order valence-electron chi connectivity index (χ1n) is 7.29. The number of carbonyl (C=O) groups excluding carboxylic acids is 1. The molecule has 0 atom stereocenters. The predicted octanol–water partition coefficient (Wildman–Crippen LogP) is 1.57. The SMILES string of the molecule is CCN(CC)c1ccc(C(=O)NCC2(O)CCC2)cn1. The molecule has 1 aromatic rings. The molecular weight excluding hydrogens is 254 g/mol. The topological polar surface area (TPSA) is 65.5 Å². The minimum atomic E-state index is -0.690. The average Bonchev–Trinajstić information content (AvgIpc) is 2.45. The van der Waals surface area contributed by atoms with Gasteiger partial charge in [0.2, 0.25) is 0 Å². The van der Waals surface area contributed by atoms with Gasteiger partial charge in [0, 0.05) is 25.8 Å². The van der Waals surface area contributed by atoms with Gasteiger partial charge in [-0.05, 0) is 45.2 Å². The molecule has 0 saturated heterocycles. The summed E-state index contributed by atoms with van der Waals surface area (Å²) in [6.07, 6.45) is 4.17. The van der Waals surface area contributed by atoms with E-state index in [1.807, 2.05) is 6.07 Å². The molecule has 0 aliphatic heterocycles. The largest absolute Gasteiger partial charge is 0.388 e. The lowest BCUT2D eigenvalue weighted by Crippen LogP contribution is -2.47. The van der Waals surface area contributed by atoms with Crippen LogP contribution in [0.1, 0.15) is 43.5 Å². The Morgan fingerprint density at radius 1 is 1.40 bits per heavy atom. The van der Waals surface area contributed by atoms with Gasteiger partial charge in [0.25, 0.3) is 5.91 Å². The molecule has 2 rings (SSSR count). The van der Waals surface area contributed by atoms with E-state index in [1.165, 1.54) is 0 Å². The zero-order valence-corrected chi connectivity index (χ0v) is 12.2. The first-order valence-corrected chi connectivity index (χ1v) is 7.29.